The molecule has 0 aliphatic rings. The van der Waals surface area contributed by atoms with Crippen molar-refractivity contribution in [2.75, 3.05) is 32.7 Å². The first-order chi connectivity index (χ1) is 9.19. The van der Waals surface area contributed by atoms with E-state index in [9.17, 15) is 4.79 Å². The van der Waals surface area contributed by atoms with Gasteiger partial charge in [-0.2, -0.15) is 0 Å². The van der Waals surface area contributed by atoms with Gasteiger partial charge in [0.1, 0.15) is 0 Å². The topological polar surface area (TPSA) is 73.6 Å². The Balaban J connectivity index is 2.52. The van der Waals surface area contributed by atoms with E-state index in [1.165, 1.54) is 11.8 Å². The fraction of sp³-hybridized carbons (Fsp3) is 0.667. The van der Waals surface area contributed by atoms with E-state index in [1.807, 2.05) is 11.5 Å². The summed E-state index contributed by atoms with van der Waals surface area (Å²) in [6, 6.07) is 0. The van der Waals surface area contributed by atoms with Crippen molar-refractivity contribution in [2.24, 2.45) is 0 Å². The third kappa shape index (κ3) is 5.63. The maximum Gasteiger partial charge on any atom is 0.313 e. The lowest BCUT2D eigenvalue weighted by molar-refractivity contribution is -0.133. The van der Waals surface area contributed by atoms with Gasteiger partial charge < -0.3 is 19.1 Å². The average Bonchev–Trinajstić information content (AvgIpc) is 2.78. The quantitative estimate of drug-likeness (QED) is 0.516. The Morgan fingerprint density at radius 1 is 1.47 bits per heavy atom. The summed E-state index contributed by atoms with van der Waals surface area (Å²) in [6.07, 6.45) is 2.65. The average molecular weight is 288 g/mol. The van der Waals surface area contributed by atoms with Gasteiger partial charge in [-0.3, -0.25) is 4.79 Å². The number of rotatable bonds is 10. The number of carboxylic acid groups (broad SMARTS) is 1. The van der Waals surface area contributed by atoms with Crippen molar-refractivity contribution < 1.29 is 19.4 Å². The smallest absolute Gasteiger partial charge is 0.313 e. The molecule has 0 aliphatic heterocycles. The van der Waals surface area contributed by atoms with E-state index in [-0.39, 0.29) is 5.75 Å². The molecular formula is C12H20N2O4S. The van der Waals surface area contributed by atoms with Crippen LogP contribution in [0.3, 0.4) is 0 Å². The van der Waals surface area contributed by atoms with Gasteiger partial charge in [-0.25, -0.2) is 4.98 Å². The highest BCUT2D eigenvalue weighted by Gasteiger charge is 2.10. The summed E-state index contributed by atoms with van der Waals surface area (Å²) >= 11 is 1.23. The molecule has 1 aromatic heterocycles. The van der Waals surface area contributed by atoms with Gasteiger partial charge in [0.25, 0.3) is 0 Å². The summed E-state index contributed by atoms with van der Waals surface area (Å²) in [5.41, 5.74) is 1.09. The van der Waals surface area contributed by atoms with Crippen LogP contribution in [-0.4, -0.2) is 53.3 Å². The molecule has 0 saturated heterocycles. The Labute approximate surface area is 117 Å². The summed E-state index contributed by atoms with van der Waals surface area (Å²) in [6.45, 7) is 4.42. The Morgan fingerprint density at radius 3 is 2.89 bits per heavy atom. The largest absolute Gasteiger partial charge is 0.481 e. The molecule has 0 atom stereocenters. The molecule has 0 aliphatic carbocycles. The number of ether oxygens (including phenoxy) is 2. The van der Waals surface area contributed by atoms with Crippen LogP contribution in [0.2, 0.25) is 0 Å². The summed E-state index contributed by atoms with van der Waals surface area (Å²) in [4.78, 5) is 14.9. The molecule has 0 saturated carbocycles. The Bertz CT molecular complexity index is 395. The third-order valence-corrected chi connectivity index (χ3v) is 3.45. The molecule has 6 nitrogen and oxygen atoms in total. The number of imidazole rings is 1. The summed E-state index contributed by atoms with van der Waals surface area (Å²) in [7, 11) is 1.63. The van der Waals surface area contributed by atoms with Crippen LogP contribution in [0.15, 0.2) is 11.4 Å². The SMILES string of the molecule is CCc1cnc(SCC(=O)O)n1CCOCCOC. The first-order valence-corrected chi connectivity index (χ1v) is 7.13. The van der Waals surface area contributed by atoms with Crippen LogP contribution in [0.5, 0.6) is 0 Å². The molecule has 0 bridgehead atoms. The lowest BCUT2D eigenvalue weighted by Gasteiger charge is -2.10. The highest BCUT2D eigenvalue weighted by atomic mass is 32.2. The van der Waals surface area contributed by atoms with E-state index in [0.717, 1.165) is 17.3 Å². The number of nitrogens with zero attached hydrogens (tertiary/aromatic N) is 2. The van der Waals surface area contributed by atoms with E-state index in [0.29, 0.717) is 26.4 Å². The van der Waals surface area contributed by atoms with Gasteiger partial charge in [0, 0.05) is 25.5 Å². The lowest BCUT2D eigenvalue weighted by Crippen LogP contribution is -2.12. The minimum atomic E-state index is -0.839. The molecule has 1 N–H and O–H groups in total. The second-order valence-electron chi connectivity index (χ2n) is 3.82. The number of hydrogen-bond acceptors (Lipinski definition) is 5. The Kier molecular flexibility index (Phi) is 7.54. The second kappa shape index (κ2) is 8.95. The van der Waals surface area contributed by atoms with Gasteiger partial charge in [0.2, 0.25) is 0 Å². The zero-order chi connectivity index (χ0) is 14.1. The summed E-state index contributed by atoms with van der Waals surface area (Å²) in [5.74, 6) is -0.820. The molecule has 108 valence electrons. The van der Waals surface area contributed by atoms with E-state index in [4.69, 9.17) is 14.6 Å². The van der Waals surface area contributed by atoms with E-state index >= 15 is 0 Å². The molecule has 0 fully saturated rings. The molecule has 1 rings (SSSR count). The molecule has 1 aromatic rings. The minimum Gasteiger partial charge on any atom is -0.481 e. The number of carbonyl (C=O) groups is 1. The van der Waals surface area contributed by atoms with E-state index < -0.39 is 5.97 Å². The van der Waals surface area contributed by atoms with Gasteiger partial charge in [-0.1, -0.05) is 18.7 Å². The zero-order valence-electron chi connectivity index (χ0n) is 11.3. The molecule has 1 heterocycles. The Morgan fingerprint density at radius 2 is 2.26 bits per heavy atom. The fourth-order valence-corrected chi connectivity index (χ4v) is 2.30. The van der Waals surface area contributed by atoms with Crippen molar-refractivity contribution in [2.45, 2.75) is 25.0 Å². The highest BCUT2D eigenvalue weighted by molar-refractivity contribution is 7.99. The van der Waals surface area contributed by atoms with Gasteiger partial charge >= 0.3 is 5.97 Å². The van der Waals surface area contributed by atoms with Crippen LogP contribution in [0, 0.1) is 0 Å². The third-order valence-electron chi connectivity index (χ3n) is 2.48. The van der Waals surface area contributed by atoms with E-state index in [2.05, 4.69) is 4.98 Å². The minimum absolute atomic E-state index is 0.0186. The Hall–Kier alpha value is -1.05. The highest BCUT2D eigenvalue weighted by Crippen LogP contribution is 2.18. The van der Waals surface area contributed by atoms with Crippen molar-refractivity contribution in [1.82, 2.24) is 9.55 Å². The van der Waals surface area contributed by atoms with Crippen molar-refractivity contribution in [1.29, 1.82) is 0 Å². The number of carboxylic acids is 1. The molecule has 0 spiro atoms. The predicted molar refractivity (Wildman–Crippen MR) is 72.7 cm³/mol. The van der Waals surface area contributed by atoms with Crippen molar-refractivity contribution >= 4 is 17.7 Å². The first-order valence-electron chi connectivity index (χ1n) is 6.14. The van der Waals surface area contributed by atoms with Crippen molar-refractivity contribution in [3.8, 4) is 0 Å². The van der Waals surface area contributed by atoms with Crippen LogP contribution in [0.4, 0.5) is 0 Å². The number of aliphatic carboxylic acids is 1. The van der Waals surface area contributed by atoms with Gasteiger partial charge in [-0.05, 0) is 6.42 Å². The lowest BCUT2D eigenvalue weighted by atomic mass is 10.3. The molecule has 0 radical (unpaired) electrons. The number of hydrogen-bond donors (Lipinski definition) is 1. The molecular weight excluding hydrogens is 268 g/mol. The number of aromatic nitrogens is 2. The van der Waals surface area contributed by atoms with Crippen LogP contribution in [-0.2, 0) is 27.2 Å². The number of thioether (sulfide) groups is 1. The summed E-state index contributed by atoms with van der Waals surface area (Å²) < 4.78 is 12.3. The molecule has 0 aromatic carbocycles. The zero-order valence-corrected chi connectivity index (χ0v) is 12.1. The monoisotopic (exact) mass is 288 g/mol. The maximum absolute atomic E-state index is 10.6. The molecule has 7 heteroatoms. The fourth-order valence-electron chi connectivity index (χ4n) is 1.55. The summed E-state index contributed by atoms with van der Waals surface area (Å²) in [5, 5.41) is 9.44. The standard InChI is InChI=1S/C12H20N2O4S/c1-3-10-8-13-12(19-9-11(15)16)14(10)4-5-18-7-6-17-2/h8H,3-7,9H2,1-2H3,(H,15,16). The van der Waals surface area contributed by atoms with Crippen LogP contribution < -0.4 is 0 Å². The van der Waals surface area contributed by atoms with Gasteiger partial charge in [0.15, 0.2) is 5.16 Å². The van der Waals surface area contributed by atoms with Crippen LogP contribution >= 0.6 is 11.8 Å². The van der Waals surface area contributed by atoms with Gasteiger partial charge in [0.05, 0.1) is 25.6 Å². The maximum atomic E-state index is 10.6. The normalized spacial score (nSPS) is 10.8. The van der Waals surface area contributed by atoms with Gasteiger partial charge in [-0.15, -0.1) is 0 Å². The van der Waals surface area contributed by atoms with Crippen LogP contribution in [0.1, 0.15) is 12.6 Å². The number of aryl methyl sites for hydroxylation is 1. The van der Waals surface area contributed by atoms with Crippen molar-refractivity contribution in [3.05, 3.63) is 11.9 Å². The molecule has 19 heavy (non-hydrogen) atoms. The first kappa shape index (κ1) is 16.0. The number of methoxy groups -OCH3 is 1. The van der Waals surface area contributed by atoms with Crippen LogP contribution in [0.25, 0.3) is 0 Å². The van der Waals surface area contributed by atoms with E-state index in [1.54, 1.807) is 13.3 Å². The molecule has 0 amide bonds. The van der Waals surface area contributed by atoms with Crippen molar-refractivity contribution in [3.63, 3.8) is 0 Å². The predicted octanol–water partition coefficient (Wildman–Crippen LogP) is 1.29. The second-order valence-corrected chi connectivity index (χ2v) is 4.77. The molecule has 0 unspecified atom stereocenters.